The molecule has 1 aliphatic rings. The maximum Gasteiger partial charge on any atom is 0.139 e. The third-order valence-electron chi connectivity index (χ3n) is 3.67. The van der Waals surface area contributed by atoms with Crippen LogP contribution >= 0.6 is 39.5 Å². The molecule has 0 bridgehead atoms. The van der Waals surface area contributed by atoms with Crippen LogP contribution in [0.2, 0.25) is 0 Å². The van der Waals surface area contributed by atoms with Gasteiger partial charge >= 0.3 is 0 Å². The topological polar surface area (TPSA) is 42.2 Å². The van der Waals surface area contributed by atoms with Gasteiger partial charge in [-0.1, -0.05) is 12.2 Å². The number of fused-ring (bicyclic) bond motifs is 1. The van der Waals surface area contributed by atoms with Crippen molar-refractivity contribution in [2.45, 2.75) is 25.8 Å². The number of nitrogens with zero attached hydrogens (tertiary/aromatic N) is 2. The van der Waals surface area contributed by atoms with Crippen molar-refractivity contribution in [2.24, 2.45) is 5.73 Å². The second kappa shape index (κ2) is 6.02. The lowest BCUT2D eigenvalue weighted by Crippen LogP contribution is -2.23. The van der Waals surface area contributed by atoms with Crippen LogP contribution in [0.5, 0.6) is 0 Å². The molecule has 3 rings (SSSR count). The molecule has 0 aliphatic heterocycles. The van der Waals surface area contributed by atoms with Crippen molar-refractivity contribution in [3.8, 4) is 0 Å². The summed E-state index contributed by atoms with van der Waals surface area (Å²) in [7, 11) is 2.04. The summed E-state index contributed by atoms with van der Waals surface area (Å²) in [4.78, 5) is 8.66. The van der Waals surface area contributed by atoms with Gasteiger partial charge in [0.05, 0.1) is 12.1 Å². The predicted molar refractivity (Wildman–Crippen MR) is 96.3 cm³/mol. The first-order chi connectivity index (χ1) is 10.0. The minimum atomic E-state index is 0.423. The molecule has 0 saturated carbocycles. The summed E-state index contributed by atoms with van der Waals surface area (Å²) >= 11 is 10.4. The van der Waals surface area contributed by atoms with Crippen molar-refractivity contribution in [1.29, 1.82) is 0 Å². The number of hydrogen-bond acceptors (Lipinski definition) is 4. The number of thiophene rings is 1. The normalized spacial score (nSPS) is 13.2. The van der Waals surface area contributed by atoms with Crippen molar-refractivity contribution in [3.05, 3.63) is 43.7 Å². The van der Waals surface area contributed by atoms with Crippen LogP contribution in [-0.4, -0.2) is 17.0 Å². The summed E-state index contributed by atoms with van der Waals surface area (Å²) in [6.07, 6.45) is 3.31. The summed E-state index contributed by atoms with van der Waals surface area (Å²) in [5.41, 5.74) is 9.29. The van der Waals surface area contributed by atoms with Crippen LogP contribution in [0.3, 0.4) is 0 Å². The standard InChI is InChI=1S/C15H16BrN3S2/c1-19(7-11-6-10(16)8-21-11)15-12(14(17)20)5-9-3-2-4-13(9)18-15/h5-6,8H,2-4,7H2,1H3,(H2,17,20). The van der Waals surface area contributed by atoms with E-state index in [1.54, 1.807) is 11.3 Å². The van der Waals surface area contributed by atoms with Crippen molar-refractivity contribution >= 4 is 50.3 Å². The Morgan fingerprint density at radius 3 is 2.95 bits per heavy atom. The Bertz CT molecular complexity index is 696. The third kappa shape index (κ3) is 3.12. The minimum absolute atomic E-state index is 0.423. The highest BCUT2D eigenvalue weighted by atomic mass is 79.9. The highest BCUT2D eigenvalue weighted by molar-refractivity contribution is 9.10. The number of halogens is 1. The fraction of sp³-hybridized carbons (Fsp3) is 0.333. The zero-order chi connectivity index (χ0) is 15.0. The Hall–Kier alpha value is -0.980. The number of aromatic nitrogens is 1. The van der Waals surface area contributed by atoms with Crippen molar-refractivity contribution < 1.29 is 0 Å². The molecule has 1 aliphatic carbocycles. The van der Waals surface area contributed by atoms with E-state index < -0.39 is 0 Å². The number of pyridine rings is 1. The van der Waals surface area contributed by atoms with E-state index >= 15 is 0 Å². The number of hydrogen-bond donors (Lipinski definition) is 1. The Balaban J connectivity index is 1.94. The molecular formula is C15H16BrN3S2. The van der Waals surface area contributed by atoms with E-state index in [1.165, 1.54) is 22.6 Å². The molecule has 3 nitrogen and oxygen atoms in total. The molecule has 2 heterocycles. The Labute approximate surface area is 142 Å². The van der Waals surface area contributed by atoms with Gasteiger partial charge in [-0.05, 0) is 52.9 Å². The number of anilines is 1. The van der Waals surface area contributed by atoms with E-state index in [2.05, 4.69) is 38.3 Å². The van der Waals surface area contributed by atoms with Crippen LogP contribution in [0.25, 0.3) is 0 Å². The van der Waals surface area contributed by atoms with Crippen molar-refractivity contribution in [3.63, 3.8) is 0 Å². The first kappa shape index (κ1) is 14.9. The molecule has 0 radical (unpaired) electrons. The quantitative estimate of drug-likeness (QED) is 0.820. The van der Waals surface area contributed by atoms with Crippen molar-refractivity contribution in [1.82, 2.24) is 4.98 Å². The molecule has 6 heteroatoms. The molecule has 0 aromatic carbocycles. The predicted octanol–water partition coefficient (Wildman–Crippen LogP) is 3.66. The highest BCUT2D eigenvalue weighted by Gasteiger charge is 2.20. The average Bonchev–Trinajstić information content (AvgIpc) is 3.05. The number of rotatable bonds is 4. The van der Waals surface area contributed by atoms with E-state index in [1.807, 2.05) is 7.05 Å². The van der Waals surface area contributed by atoms with E-state index in [0.717, 1.165) is 35.2 Å². The Morgan fingerprint density at radius 1 is 1.48 bits per heavy atom. The fourth-order valence-electron chi connectivity index (χ4n) is 2.68. The molecule has 0 saturated heterocycles. The number of aryl methyl sites for hydroxylation is 2. The van der Waals surface area contributed by atoms with Gasteiger partial charge in [0.15, 0.2) is 0 Å². The largest absolute Gasteiger partial charge is 0.389 e. The maximum absolute atomic E-state index is 5.90. The van der Waals surface area contributed by atoms with E-state index in [9.17, 15) is 0 Å². The minimum Gasteiger partial charge on any atom is -0.389 e. The van der Waals surface area contributed by atoms with E-state index in [-0.39, 0.29) is 0 Å². The van der Waals surface area contributed by atoms with Gasteiger partial charge in [-0.15, -0.1) is 11.3 Å². The third-order valence-corrected chi connectivity index (χ3v) is 5.57. The smallest absolute Gasteiger partial charge is 0.139 e. The second-order valence-corrected chi connectivity index (χ2v) is 7.62. The summed E-state index contributed by atoms with van der Waals surface area (Å²) in [6, 6.07) is 4.27. The SMILES string of the molecule is CN(Cc1cc(Br)cs1)c1nc2c(cc1C(N)=S)CCC2. The summed E-state index contributed by atoms with van der Waals surface area (Å²) in [5.74, 6) is 0.896. The molecule has 110 valence electrons. The van der Waals surface area contributed by atoms with E-state index in [4.69, 9.17) is 22.9 Å². The van der Waals surface area contributed by atoms with Gasteiger partial charge in [0, 0.05) is 27.5 Å². The molecule has 0 atom stereocenters. The van der Waals surface area contributed by atoms with Crippen molar-refractivity contribution in [2.75, 3.05) is 11.9 Å². The van der Waals surface area contributed by atoms with Crippen LogP contribution in [-0.2, 0) is 19.4 Å². The highest BCUT2D eigenvalue weighted by Crippen LogP contribution is 2.29. The first-order valence-corrected chi connectivity index (χ1v) is 8.89. The lowest BCUT2D eigenvalue weighted by molar-refractivity contribution is 0.879. The van der Waals surface area contributed by atoms with Crippen LogP contribution in [0.1, 0.15) is 28.1 Å². The van der Waals surface area contributed by atoms with Gasteiger partial charge in [-0.3, -0.25) is 0 Å². The first-order valence-electron chi connectivity index (χ1n) is 6.81. The van der Waals surface area contributed by atoms with Crippen LogP contribution < -0.4 is 10.6 Å². The monoisotopic (exact) mass is 381 g/mol. The Morgan fingerprint density at radius 2 is 2.29 bits per heavy atom. The second-order valence-electron chi connectivity index (χ2n) is 5.27. The lowest BCUT2D eigenvalue weighted by atomic mass is 10.1. The molecule has 0 fully saturated rings. The zero-order valence-corrected chi connectivity index (χ0v) is 14.9. The molecule has 2 N–H and O–H groups in total. The molecule has 0 unspecified atom stereocenters. The maximum atomic E-state index is 5.90. The van der Waals surface area contributed by atoms with Crippen LogP contribution in [0.15, 0.2) is 22.0 Å². The number of nitrogens with two attached hydrogens (primary N) is 1. The van der Waals surface area contributed by atoms with Gasteiger partial charge in [0.1, 0.15) is 10.8 Å². The van der Waals surface area contributed by atoms with Gasteiger partial charge in [-0.2, -0.15) is 0 Å². The Kier molecular flexibility index (Phi) is 4.28. The molecule has 0 spiro atoms. The molecule has 21 heavy (non-hydrogen) atoms. The van der Waals surface area contributed by atoms with Gasteiger partial charge in [-0.25, -0.2) is 4.98 Å². The molecule has 0 amide bonds. The fourth-order valence-corrected chi connectivity index (χ4v) is 4.33. The lowest BCUT2D eigenvalue weighted by Gasteiger charge is -2.21. The molecule has 2 aromatic rings. The average molecular weight is 382 g/mol. The van der Waals surface area contributed by atoms with Crippen LogP contribution in [0, 0.1) is 0 Å². The van der Waals surface area contributed by atoms with Gasteiger partial charge in [0.25, 0.3) is 0 Å². The van der Waals surface area contributed by atoms with Gasteiger partial charge in [0.2, 0.25) is 0 Å². The summed E-state index contributed by atoms with van der Waals surface area (Å²) in [6.45, 7) is 0.803. The zero-order valence-electron chi connectivity index (χ0n) is 11.7. The van der Waals surface area contributed by atoms with Gasteiger partial charge < -0.3 is 10.6 Å². The van der Waals surface area contributed by atoms with Crippen LogP contribution in [0.4, 0.5) is 5.82 Å². The number of thiocarbonyl (C=S) groups is 1. The molecular weight excluding hydrogens is 366 g/mol. The summed E-state index contributed by atoms with van der Waals surface area (Å²) in [5, 5.41) is 2.09. The summed E-state index contributed by atoms with van der Waals surface area (Å²) < 4.78 is 1.12. The molecule has 2 aromatic heterocycles. The van der Waals surface area contributed by atoms with E-state index in [0.29, 0.717) is 4.99 Å².